The molecule has 2 aliphatic heterocycles. The molecule has 8 nitrogen and oxygen atoms in total. The van der Waals surface area contributed by atoms with Crippen molar-refractivity contribution in [1.82, 2.24) is 8.61 Å². The molecule has 1 atom stereocenters. The van der Waals surface area contributed by atoms with Crippen molar-refractivity contribution < 1.29 is 21.6 Å². The van der Waals surface area contributed by atoms with Gasteiger partial charge in [-0.2, -0.15) is 8.61 Å². The second-order valence-electron chi connectivity index (χ2n) is 8.07. The van der Waals surface area contributed by atoms with E-state index in [1.807, 2.05) is 0 Å². The van der Waals surface area contributed by atoms with Gasteiger partial charge in [0.15, 0.2) is 0 Å². The Bertz CT molecular complexity index is 1180. The average molecular weight is 478 g/mol. The lowest BCUT2D eigenvalue weighted by Gasteiger charge is -2.33. The van der Waals surface area contributed by atoms with Gasteiger partial charge in [-0.3, -0.25) is 4.79 Å². The first-order valence-electron chi connectivity index (χ1n) is 10.8. The van der Waals surface area contributed by atoms with Gasteiger partial charge in [-0.25, -0.2) is 16.8 Å². The predicted octanol–water partition coefficient (Wildman–Crippen LogP) is 2.65. The van der Waals surface area contributed by atoms with Crippen LogP contribution in [0.5, 0.6) is 0 Å². The van der Waals surface area contributed by atoms with E-state index >= 15 is 0 Å². The van der Waals surface area contributed by atoms with Crippen LogP contribution in [0.3, 0.4) is 0 Å². The summed E-state index contributed by atoms with van der Waals surface area (Å²) in [4.78, 5) is 13.4. The minimum atomic E-state index is -3.82. The first-order valence-corrected chi connectivity index (χ1v) is 13.7. The minimum Gasteiger partial charge on any atom is -0.325 e. The number of hydrogen-bond donors (Lipinski definition) is 1. The molecule has 0 unspecified atom stereocenters. The smallest absolute Gasteiger partial charge is 0.243 e. The number of hydrogen-bond acceptors (Lipinski definition) is 5. The van der Waals surface area contributed by atoms with Crippen LogP contribution in [0.15, 0.2) is 64.4 Å². The lowest BCUT2D eigenvalue weighted by molar-refractivity contribution is -0.120. The summed E-state index contributed by atoms with van der Waals surface area (Å²) in [6.07, 6.45) is 3.50. The summed E-state index contributed by atoms with van der Waals surface area (Å²) in [5, 5.41) is 2.74. The van der Waals surface area contributed by atoms with Crippen molar-refractivity contribution in [2.75, 3.05) is 25.0 Å². The lowest BCUT2D eigenvalue weighted by Crippen LogP contribution is -2.49. The Labute approximate surface area is 189 Å². The van der Waals surface area contributed by atoms with Crippen molar-refractivity contribution in [2.45, 2.75) is 47.9 Å². The van der Waals surface area contributed by atoms with Crippen LogP contribution in [-0.2, 0) is 24.8 Å². The maximum atomic E-state index is 13.1. The van der Waals surface area contributed by atoms with Gasteiger partial charge in [-0.15, -0.1) is 0 Å². The van der Waals surface area contributed by atoms with Gasteiger partial charge < -0.3 is 5.32 Å². The maximum Gasteiger partial charge on any atom is 0.243 e. The number of piperidine rings is 1. The van der Waals surface area contributed by atoms with Crippen molar-refractivity contribution in [3.63, 3.8) is 0 Å². The standard InChI is InChI=1S/C22H27N3O5S2/c26-22(21-13-4-5-16-25(21)32(29,30)19-10-2-1-3-11-19)23-18-9-8-12-20(17-18)31(27,28)24-14-6-7-15-24/h1-3,8-12,17,21H,4-7,13-16H2,(H,23,26)/t21-/m1/s1. The van der Waals surface area contributed by atoms with Gasteiger partial charge in [0, 0.05) is 25.3 Å². The molecule has 2 aromatic rings. The quantitative estimate of drug-likeness (QED) is 0.689. The van der Waals surface area contributed by atoms with E-state index in [4.69, 9.17) is 0 Å². The number of anilines is 1. The van der Waals surface area contributed by atoms with Crippen LogP contribution in [0, 0.1) is 0 Å². The number of benzene rings is 2. The number of carbonyl (C=O) groups excluding carboxylic acids is 1. The maximum absolute atomic E-state index is 13.1. The summed E-state index contributed by atoms with van der Waals surface area (Å²) < 4.78 is 54.7. The fourth-order valence-electron chi connectivity index (χ4n) is 4.22. The molecule has 4 rings (SSSR count). The van der Waals surface area contributed by atoms with Crippen molar-refractivity contribution in [2.24, 2.45) is 0 Å². The van der Waals surface area contributed by atoms with E-state index in [9.17, 15) is 21.6 Å². The zero-order valence-electron chi connectivity index (χ0n) is 17.7. The molecule has 0 bridgehead atoms. The van der Waals surface area contributed by atoms with Crippen molar-refractivity contribution >= 4 is 31.6 Å². The van der Waals surface area contributed by atoms with Gasteiger partial charge in [0.05, 0.1) is 9.79 Å². The molecule has 32 heavy (non-hydrogen) atoms. The highest BCUT2D eigenvalue weighted by molar-refractivity contribution is 7.89. The normalized spacial score (nSPS) is 20.8. The van der Waals surface area contributed by atoms with Gasteiger partial charge in [-0.05, 0) is 56.0 Å². The number of rotatable bonds is 6. The highest BCUT2D eigenvalue weighted by Gasteiger charge is 2.37. The Morgan fingerprint density at radius 1 is 0.781 bits per heavy atom. The van der Waals surface area contributed by atoms with Crippen LogP contribution in [0.4, 0.5) is 5.69 Å². The molecule has 2 aromatic carbocycles. The molecule has 172 valence electrons. The molecule has 2 saturated heterocycles. The molecule has 0 saturated carbocycles. The van der Waals surface area contributed by atoms with E-state index in [-0.39, 0.29) is 16.3 Å². The van der Waals surface area contributed by atoms with E-state index in [0.29, 0.717) is 31.6 Å². The molecule has 2 heterocycles. The molecule has 1 N–H and O–H groups in total. The molecule has 0 spiro atoms. The average Bonchev–Trinajstić information content (AvgIpc) is 3.36. The Morgan fingerprint density at radius 2 is 1.44 bits per heavy atom. The molecule has 2 aliphatic rings. The third-order valence-corrected chi connectivity index (χ3v) is 9.73. The topological polar surface area (TPSA) is 104 Å². The van der Waals surface area contributed by atoms with Gasteiger partial charge >= 0.3 is 0 Å². The molecule has 1 amide bonds. The first kappa shape index (κ1) is 22.9. The summed E-state index contributed by atoms with van der Waals surface area (Å²) in [7, 11) is -7.44. The zero-order valence-corrected chi connectivity index (χ0v) is 19.3. The van der Waals surface area contributed by atoms with E-state index in [1.165, 1.54) is 32.9 Å². The van der Waals surface area contributed by atoms with Crippen LogP contribution in [0.25, 0.3) is 0 Å². The summed E-state index contributed by atoms with van der Waals surface area (Å²) in [6.45, 7) is 1.25. The Hall–Kier alpha value is -2.27. The van der Waals surface area contributed by atoms with Crippen molar-refractivity contribution in [1.29, 1.82) is 0 Å². The second kappa shape index (κ2) is 9.30. The van der Waals surface area contributed by atoms with Gasteiger partial charge in [0.2, 0.25) is 26.0 Å². The molecule has 0 radical (unpaired) electrons. The van der Waals surface area contributed by atoms with Crippen LogP contribution in [0.1, 0.15) is 32.1 Å². The van der Waals surface area contributed by atoms with Crippen molar-refractivity contribution in [3.05, 3.63) is 54.6 Å². The Balaban J connectivity index is 1.55. The Kier molecular flexibility index (Phi) is 6.66. The number of nitrogens with zero attached hydrogens (tertiary/aromatic N) is 2. The minimum absolute atomic E-state index is 0.120. The molecular weight excluding hydrogens is 450 g/mol. The van der Waals surface area contributed by atoms with Gasteiger partial charge in [0.25, 0.3) is 0 Å². The van der Waals surface area contributed by atoms with Gasteiger partial charge in [0.1, 0.15) is 6.04 Å². The SMILES string of the molecule is O=C(Nc1cccc(S(=O)(=O)N2CCCC2)c1)[C@H]1CCCCN1S(=O)(=O)c1ccccc1. The van der Waals surface area contributed by atoms with E-state index < -0.39 is 32.0 Å². The molecule has 10 heteroatoms. The number of amides is 1. The number of sulfonamides is 2. The third-order valence-electron chi connectivity index (χ3n) is 5.91. The fraction of sp³-hybridized carbons (Fsp3) is 0.409. The van der Waals surface area contributed by atoms with Crippen LogP contribution < -0.4 is 5.32 Å². The number of carbonyl (C=O) groups is 1. The fourth-order valence-corrected chi connectivity index (χ4v) is 7.46. The first-order chi connectivity index (χ1) is 15.3. The summed E-state index contributed by atoms with van der Waals surface area (Å²) in [6, 6.07) is 13.4. The van der Waals surface area contributed by atoms with Crippen LogP contribution in [-0.4, -0.2) is 57.0 Å². The molecule has 2 fully saturated rings. The lowest BCUT2D eigenvalue weighted by atomic mass is 10.0. The molecule has 0 aromatic heterocycles. The highest BCUT2D eigenvalue weighted by Crippen LogP contribution is 2.27. The molecule has 0 aliphatic carbocycles. The van der Waals surface area contributed by atoms with E-state index in [0.717, 1.165) is 19.3 Å². The summed E-state index contributed by atoms with van der Waals surface area (Å²) >= 11 is 0. The molecular formula is C22H27N3O5S2. The van der Waals surface area contributed by atoms with Gasteiger partial charge in [-0.1, -0.05) is 30.7 Å². The third kappa shape index (κ3) is 4.59. The Morgan fingerprint density at radius 3 is 2.16 bits per heavy atom. The van der Waals surface area contributed by atoms with Crippen molar-refractivity contribution in [3.8, 4) is 0 Å². The zero-order chi connectivity index (χ0) is 22.8. The van der Waals surface area contributed by atoms with E-state index in [1.54, 1.807) is 30.3 Å². The second-order valence-corrected chi connectivity index (χ2v) is 11.9. The largest absolute Gasteiger partial charge is 0.325 e. The summed E-state index contributed by atoms with van der Waals surface area (Å²) in [5.41, 5.74) is 0.331. The number of nitrogens with one attached hydrogen (secondary N) is 1. The van der Waals surface area contributed by atoms with Crippen LogP contribution in [0.2, 0.25) is 0 Å². The van der Waals surface area contributed by atoms with Crippen LogP contribution >= 0.6 is 0 Å². The highest BCUT2D eigenvalue weighted by atomic mass is 32.2. The predicted molar refractivity (Wildman–Crippen MR) is 121 cm³/mol. The van der Waals surface area contributed by atoms with E-state index in [2.05, 4.69) is 5.32 Å². The summed E-state index contributed by atoms with van der Waals surface area (Å²) in [5.74, 6) is -0.458. The monoisotopic (exact) mass is 477 g/mol.